The molecule has 1 aliphatic heterocycles. The van der Waals surface area contributed by atoms with Gasteiger partial charge in [0.2, 0.25) is 0 Å². The molecular formula is C14H16N+. The second-order valence-electron chi connectivity index (χ2n) is 5.65. The van der Waals surface area contributed by atoms with Gasteiger partial charge in [-0.15, -0.1) is 0 Å². The highest BCUT2D eigenvalue weighted by Crippen LogP contribution is 2.56. The van der Waals surface area contributed by atoms with Crippen LogP contribution in [0.1, 0.15) is 32.1 Å². The molecule has 1 heterocycles. The molecule has 4 aliphatic rings. The molecule has 6 atom stereocenters. The third-order valence-electron chi connectivity index (χ3n) is 5.10. The molecule has 3 fully saturated rings. The Hall–Kier alpha value is -0.950. The average molecular weight is 198 g/mol. The van der Waals surface area contributed by atoms with E-state index in [0.717, 1.165) is 24.2 Å². The van der Waals surface area contributed by atoms with Crippen molar-refractivity contribution in [3.8, 4) is 17.9 Å². The van der Waals surface area contributed by atoms with Gasteiger partial charge in [0, 0.05) is 11.8 Å². The molecule has 0 saturated heterocycles. The second-order valence-corrected chi connectivity index (χ2v) is 5.65. The quantitative estimate of drug-likeness (QED) is 0.527. The van der Waals surface area contributed by atoms with Gasteiger partial charge in [-0.05, 0) is 37.5 Å². The van der Waals surface area contributed by atoms with Crippen molar-refractivity contribution in [2.75, 3.05) is 0 Å². The number of rotatable bonds is 0. The first-order valence-corrected chi connectivity index (χ1v) is 6.37. The van der Waals surface area contributed by atoms with E-state index < -0.39 is 0 Å². The first kappa shape index (κ1) is 8.23. The van der Waals surface area contributed by atoms with Gasteiger partial charge in [-0.25, -0.2) is 0 Å². The maximum Gasteiger partial charge on any atom is 0.289 e. The van der Waals surface area contributed by atoms with Crippen LogP contribution in [-0.4, -0.2) is 6.04 Å². The molecule has 0 N–H and O–H groups in total. The summed E-state index contributed by atoms with van der Waals surface area (Å²) in [7, 11) is 0. The summed E-state index contributed by atoms with van der Waals surface area (Å²) in [5.41, 5.74) is 0. The molecule has 3 saturated carbocycles. The van der Waals surface area contributed by atoms with E-state index in [1.54, 1.807) is 0 Å². The van der Waals surface area contributed by atoms with Gasteiger partial charge >= 0.3 is 0 Å². The van der Waals surface area contributed by atoms with Crippen LogP contribution in [0.4, 0.5) is 0 Å². The van der Waals surface area contributed by atoms with Gasteiger partial charge in [0.05, 0.1) is 6.42 Å². The normalized spacial score (nSPS) is 53.3. The van der Waals surface area contributed by atoms with Gasteiger partial charge in [-0.1, -0.05) is 16.7 Å². The molecule has 0 aromatic heterocycles. The van der Waals surface area contributed by atoms with Crippen LogP contribution in [-0.2, 0) is 0 Å². The van der Waals surface area contributed by atoms with Gasteiger partial charge in [0.15, 0.2) is 0 Å². The van der Waals surface area contributed by atoms with Crippen LogP contribution in [0.15, 0.2) is 0 Å². The van der Waals surface area contributed by atoms with E-state index in [4.69, 9.17) is 0 Å². The summed E-state index contributed by atoms with van der Waals surface area (Å²) in [6, 6.07) is 3.86. The fraction of sp³-hybridized carbons (Fsp3) is 0.786. The lowest BCUT2D eigenvalue weighted by Gasteiger charge is -2.49. The van der Waals surface area contributed by atoms with Crippen LogP contribution in [0.3, 0.4) is 0 Å². The summed E-state index contributed by atoms with van der Waals surface area (Å²) in [6.07, 6.45) is 6.55. The van der Waals surface area contributed by atoms with Gasteiger partial charge in [-0.2, -0.15) is 0 Å². The van der Waals surface area contributed by atoms with Crippen LogP contribution >= 0.6 is 0 Å². The van der Waals surface area contributed by atoms with E-state index in [2.05, 4.69) is 22.8 Å². The molecule has 0 amide bonds. The van der Waals surface area contributed by atoms with Crippen molar-refractivity contribution in [1.82, 2.24) is 0 Å². The molecule has 0 aromatic rings. The average Bonchev–Trinajstić information content (AvgIpc) is 2.20. The maximum absolute atomic E-state index is 4.66. The smallest absolute Gasteiger partial charge is 0.0990 e. The molecule has 1 nitrogen and oxygen atoms in total. The lowest BCUT2D eigenvalue weighted by atomic mass is 9.50. The predicted molar refractivity (Wildman–Crippen MR) is 59.3 cm³/mol. The molecule has 0 bridgehead atoms. The zero-order valence-electron chi connectivity index (χ0n) is 8.95. The lowest BCUT2D eigenvalue weighted by Crippen LogP contribution is -2.55. The molecular weight excluding hydrogens is 182 g/mol. The number of fused-ring (bicyclic) bond motifs is 5. The number of hydrogen-bond donors (Lipinski definition) is 0. The Morgan fingerprint density at radius 2 is 1.87 bits per heavy atom. The summed E-state index contributed by atoms with van der Waals surface area (Å²) in [5, 5.41) is 0. The van der Waals surface area contributed by atoms with Crippen LogP contribution in [0.25, 0.3) is 4.85 Å². The minimum atomic E-state index is 0.536. The summed E-state index contributed by atoms with van der Waals surface area (Å²) in [6.45, 7) is 0. The van der Waals surface area contributed by atoms with E-state index in [9.17, 15) is 0 Å². The molecule has 3 aliphatic carbocycles. The standard InChI is InChI=1S/C14H16N/c1-2-10-7-8-15-14-12(4-3-9(1)10)11-5-6-13(11)14/h9-14H,1-2,5-7H2/q+1. The summed E-state index contributed by atoms with van der Waals surface area (Å²) >= 11 is 0. The molecule has 15 heavy (non-hydrogen) atoms. The minimum Gasteiger partial charge on any atom is -0.0990 e. The molecule has 76 valence electrons. The Labute approximate surface area is 91.1 Å². The Morgan fingerprint density at radius 1 is 0.933 bits per heavy atom. The predicted octanol–water partition coefficient (Wildman–Crippen LogP) is 2.78. The fourth-order valence-corrected chi connectivity index (χ4v) is 3.65. The topological polar surface area (TPSA) is 4.36 Å². The van der Waals surface area contributed by atoms with Crippen molar-refractivity contribution in [3.63, 3.8) is 0 Å². The number of nitrogens with zero attached hydrogens (tertiary/aromatic N) is 1. The molecule has 1 heteroatoms. The van der Waals surface area contributed by atoms with E-state index in [1.165, 1.54) is 25.7 Å². The highest BCUT2D eigenvalue weighted by Gasteiger charge is 2.62. The van der Waals surface area contributed by atoms with Crippen molar-refractivity contribution in [2.45, 2.75) is 38.1 Å². The van der Waals surface area contributed by atoms with E-state index in [-0.39, 0.29) is 0 Å². The Balaban J connectivity index is 1.66. The monoisotopic (exact) mass is 198 g/mol. The van der Waals surface area contributed by atoms with Crippen LogP contribution in [0, 0.1) is 47.5 Å². The van der Waals surface area contributed by atoms with Gasteiger partial charge < -0.3 is 0 Å². The molecule has 4 rings (SSSR count). The lowest BCUT2D eigenvalue weighted by molar-refractivity contribution is -0.00171. The van der Waals surface area contributed by atoms with E-state index in [1.807, 2.05) is 0 Å². The Kier molecular flexibility index (Phi) is 1.53. The third kappa shape index (κ3) is 0.993. The van der Waals surface area contributed by atoms with Gasteiger partial charge in [0.25, 0.3) is 12.1 Å². The SMILES string of the molecule is C1#CC2C3CCC3C2[N+]#CCC2CCC12. The summed E-state index contributed by atoms with van der Waals surface area (Å²) in [4.78, 5) is 4.66. The highest BCUT2D eigenvalue weighted by atomic mass is 14.8. The zero-order valence-corrected chi connectivity index (χ0v) is 8.95. The molecule has 0 radical (unpaired) electrons. The molecule has 0 spiro atoms. The maximum atomic E-state index is 4.66. The van der Waals surface area contributed by atoms with E-state index >= 15 is 0 Å². The van der Waals surface area contributed by atoms with E-state index in [0.29, 0.717) is 17.9 Å². The van der Waals surface area contributed by atoms with Crippen molar-refractivity contribution < 1.29 is 0 Å². The Bertz CT molecular complexity index is 416. The van der Waals surface area contributed by atoms with Gasteiger partial charge in [0.1, 0.15) is 5.92 Å². The largest absolute Gasteiger partial charge is 0.289 e. The first-order valence-electron chi connectivity index (χ1n) is 6.37. The third-order valence-corrected chi connectivity index (χ3v) is 5.10. The summed E-state index contributed by atoms with van der Waals surface area (Å²) < 4.78 is 0. The van der Waals surface area contributed by atoms with Crippen LogP contribution in [0.5, 0.6) is 0 Å². The van der Waals surface area contributed by atoms with Crippen molar-refractivity contribution in [1.29, 1.82) is 0 Å². The number of hydrogen-bond acceptors (Lipinski definition) is 0. The Morgan fingerprint density at radius 3 is 2.60 bits per heavy atom. The fourth-order valence-electron chi connectivity index (χ4n) is 3.65. The molecule has 6 unspecified atom stereocenters. The van der Waals surface area contributed by atoms with Crippen LogP contribution < -0.4 is 0 Å². The van der Waals surface area contributed by atoms with Crippen molar-refractivity contribution >= 4 is 0 Å². The summed E-state index contributed by atoms with van der Waals surface area (Å²) in [5.74, 6) is 10.9. The minimum absolute atomic E-state index is 0.536. The van der Waals surface area contributed by atoms with Crippen molar-refractivity contribution in [2.24, 2.45) is 29.6 Å². The zero-order chi connectivity index (χ0) is 9.83. The van der Waals surface area contributed by atoms with Gasteiger partial charge in [-0.3, -0.25) is 0 Å². The second kappa shape index (κ2) is 2.79. The van der Waals surface area contributed by atoms with Crippen LogP contribution in [0.2, 0.25) is 0 Å². The highest BCUT2D eigenvalue weighted by molar-refractivity contribution is 5.27. The van der Waals surface area contributed by atoms with Crippen molar-refractivity contribution in [3.05, 3.63) is 4.85 Å². The molecule has 0 aromatic carbocycles. The first-order chi connectivity index (χ1) is 7.43.